The van der Waals surface area contributed by atoms with Gasteiger partial charge in [0.05, 0.1) is 0 Å². The van der Waals surface area contributed by atoms with E-state index >= 15 is 0 Å². The van der Waals surface area contributed by atoms with Gasteiger partial charge in [-0.1, -0.05) is 55.8 Å². The van der Waals surface area contributed by atoms with Crippen molar-refractivity contribution < 1.29 is 0 Å². The van der Waals surface area contributed by atoms with Crippen LogP contribution in [0.3, 0.4) is 0 Å². The van der Waals surface area contributed by atoms with Crippen molar-refractivity contribution in [3.05, 3.63) is 58.7 Å². The highest BCUT2D eigenvalue weighted by Gasteiger charge is 2.09. The van der Waals surface area contributed by atoms with Crippen molar-refractivity contribution in [3.8, 4) is 11.1 Å². The van der Waals surface area contributed by atoms with Crippen molar-refractivity contribution in [1.82, 2.24) is 0 Å². The largest absolute Gasteiger partial charge is 0.326 e. The molecule has 0 aromatic heterocycles. The fourth-order valence-corrected chi connectivity index (χ4v) is 2.44. The van der Waals surface area contributed by atoms with Crippen LogP contribution in [0.5, 0.6) is 0 Å². The van der Waals surface area contributed by atoms with E-state index in [4.69, 9.17) is 5.73 Å². The van der Waals surface area contributed by atoms with Crippen LogP contribution >= 0.6 is 0 Å². The van der Waals surface area contributed by atoms with Crippen LogP contribution in [0, 0.1) is 13.8 Å². The molecule has 0 saturated carbocycles. The molecule has 0 aliphatic heterocycles. The van der Waals surface area contributed by atoms with Crippen molar-refractivity contribution in [2.45, 2.75) is 40.2 Å². The van der Waals surface area contributed by atoms with E-state index < -0.39 is 0 Å². The number of benzene rings is 2. The molecule has 0 aliphatic rings. The highest BCUT2D eigenvalue weighted by molar-refractivity contribution is 5.71. The Hall–Kier alpha value is -1.60. The fourth-order valence-electron chi connectivity index (χ4n) is 2.44. The highest BCUT2D eigenvalue weighted by Crippen LogP contribution is 2.30. The molecule has 2 N–H and O–H groups in total. The number of nitrogens with two attached hydrogens (primary N) is 1. The molecular formula is C18H23N. The third-order valence-corrected chi connectivity index (χ3v) is 3.70. The first-order valence-corrected chi connectivity index (χ1v) is 6.93. The van der Waals surface area contributed by atoms with Crippen LogP contribution in [0.1, 0.15) is 42.0 Å². The summed E-state index contributed by atoms with van der Waals surface area (Å²) < 4.78 is 0. The molecule has 100 valence electrons. The van der Waals surface area contributed by atoms with Gasteiger partial charge in [0.15, 0.2) is 0 Å². The van der Waals surface area contributed by atoms with E-state index in [1.807, 2.05) is 0 Å². The Morgan fingerprint density at radius 2 is 1.68 bits per heavy atom. The van der Waals surface area contributed by atoms with Crippen LogP contribution in [0.4, 0.5) is 0 Å². The van der Waals surface area contributed by atoms with Crippen molar-refractivity contribution >= 4 is 0 Å². The first-order valence-electron chi connectivity index (χ1n) is 6.93. The molecule has 0 heterocycles. The molecule has 0 unspecified atom stereocenters. The van der Waals surface area contributed by atoms with Gasteiger partial charge in [0.2, 0.25) is 0 Å². The fraction of sp³-hybridized carbons (Fsp3) is 0.333. The van der Waals surface area contributed by atoms with Gasteiger partial charge >= 0.3 is 0 Å². The van der Waals surface area contributed by atoms with Crippen molar-refractivity contribution in [2.24, 2.45) is 5.73 Å². The van der Waals surface area contributed by atoms with E-state index in [2.05, 4.69) is 64.1 Å². The van der Waals surface area contributed by atoms with Gasteiger partial charge in [-0.25, -0.2) is 0 Å². The van der Waals surface area contributed by atoms with Crippen LogP contribution in [0.2, 0.25) is 0 Å². The molecule has 2 rings (SSSR count). The second-order valence-corrected chi connectivity index (χ2v) is 5.59. The summed E-state index contributed by atoms with van der Waals surface area (Å²) in [5, 5.41) is 0. The molecule has 0 atom stereocenters. The minimum atomic E-state index is 0.547. The van der Waals surface area contributed by atoms with Crippen LogP contribution in [-0.2, 0) is 6.54 Å². The van der Waals surface area contributed by atoms with E-state index in [9.17, 15) is 0 Å². The van der Waals surface area contributed by atoms with E-state index in [1.165, 1.54) is 33.4 Å². The summed E-state index contributed by atoms with van der Waals surface area (Å²) in [5.74, 6) is 0.547. The van der Waals surface area contributed by atoms with Gasteiger partial charge in [0, 0.05) is 6.54 Å². The second kappa shape index (κ2) is 5.58. The van der Waals surface area contributed by atoms with Crippen molar-refractivity contribution in [1.29, 1.82) is 0 Å². The van der Waals surface area contributed by atoms with Gasteiger partial charge in [-0.15, -0.1) is 0 Å². The Labute approximate surface area is 116 Å². The Morgan fingerprint density at radius 1 is 0.947 bits per heavy atom. The second-order valence-electron chi connectivity index (χ2n) is 5.59. The van der Waals surface area contributed by atoms with Crippen LogP contribution < -0.4 is 5.73 Å². The molecule has 1 nitrogen and oxygen atoms in total. The molecule has 19 heavy (non-hydrogen) atoms. The van der Waals surface area contributed by atoms with E-state index in [0.29, 0.717) is 12.5 Å². The average molecular weight is 253 g/mol. The van der Waals surface area contributed by atoms with Gasteiger partial charge in [-0.3, -0.25) is 0 Å². The highest BCUT2D eigenvalue weighted by atomic mass is 14.5. The molecule has 2 aromatic carbocycles. The first kappa shape index (κ1) is 13.8. The Bertz CT molecular complexity index is 582. The van der Waals surface area contributed by atoms with E-state index in [1.54, 1.807) is 0 Å². The monoisotopic (exact) mass is 253 g/mol. The van der Waals surface area contributed by atoms with Crippen molar-refractivity contribution in [3.63, 3.8) is 0 Å². The van der Waals surface area contributed by atoms with Crippen molar-refractivity contribution in [2.75, 3.05) is 0 Å². The Kier molecular flexibility index (Phi) is 4.06. The molecule has 0 bridgehead atoms. The summed E-state index contributed by atoms with van der Waals surface area (Å²) in [5.41, 5.74) is 13.7. The summed E-state index contributed by atoms with van der Waals surface area (Å²) in [7, 11) is 0. The molecule has 0 fully saturated rings. The van der Waals surface area contributed by atoms with Gasteiger partial charge < -0.3 is 5.73 Å². The molecule has 2 aromatic rings. The predicted molar refractivity (Wildman–Crippen MR) is 83.3 cm³/mol. The molecule has 0 aliphatic carbocycles. The zero-order valence-corrected chi connectivity index (χ0v) is 12.3. The lowest BCUT2D eigenvalue weighted by Gasteiger charge is -2.15. The molecule has 1 heteroatoms. The van der Waals surface area contributed by atoms with Crippen LogP contribution in [0.15, 0.2) is 36.4 Å². The molecule has 0 amide bonds. The minimum Gasteiger partial charge on any atom is -0.326 e. The minimum absolute atomic E-state index is 0.547. The SMILES string of the molecule is Cc1ccc(-c2cc(C(C)C)ccc2C)c(CN)c1. The maximum absolute atomic E-state index is 5.90. The standard InChI is InChI=1S/C18H23N/c1-12(2)15-7-6-14(4)18(10-15)17-8-5-13(3)9-16(17)11-19/h5-10,12H,11,19H2,1-4H3. The molecule has 0 spiro atoms. The average Bonchev–Trinajstić information content (AvgIpc) is 2.39. The maximum atomic E-state index is 5.90. The zero-order valence-electron chi connectivity index (χ0n) is 12.3. The zero-order chi connectivity index (χ0) is 14.0. The quantitative estimate of drug-likeness (QED) is 0.853. The number of rotatable bonds is 3. The van der Waals surface area contributed by atoms with Crippen LogP contribution in [0.25, 0.3) is 11.1 Å². The summed E-state index contributed by atoms with van der Waals surface area (Å²) >= 11 is 0. The lowest BCUT2D eigenvalue weighted by molar-refractivity contribution is 0.866. The van der Waals surface area contributed by atoms with Gasteiger partial charge in [-0.05, 0) is 47.6 Å². The van der Waals surface area contributed by atoms with E-state index in [-0.39, 0.29) is 0 Å². The van der Waals surface area contributed by atoms with Gasteiger partial charge in [-0.2, -0.15) is 0 Å². The molecule has 0 radical (unpaired) electrons. The lowest BCUT2D eigenvalue weighted by Crippen LogP contribution is -2.01. The smallest absolute Gasteiger partial charge is 0.0184 e. The Balaban J connectivity index is 2.61. The first-order chi connectivity index (χ1) is 9.02. The number of hydrogen-bond acceptors (Lipinski definition) is 1. The summed E-state index contributed by atoms with van der Waals surface area (Å²) in [6.07, 6.45) is 0. The summed E-state index contributed by atoms with van der Waals surface area (Å²) in [6, 6.07) is 13.3. The van der Waals surface area contributed by atoms with Gasteiger partial charge in [0.25, 0.3) is 0 Å². The Morgan fingerprint density at radius 3 is 2.32 bits per heavy atom. The summed E-state index contributed by atoms with van der Waals surface area (Å²) in [6.45, 7) is 9.32. The third kappa shape index (κ3) is 2.87. The topological polar surface area (TPSA) is 26.0 Å². The number of hydrogen-bond donors (Lipinski definition) is 1. The van der Waals surface area contributed by atoms with Gasteiger partial charge in [0.1, 0.15) is 0 Å². The lowest BCUT2D eigenvalue weighted by atomic mass is 9.91. The maximum Gasteiger partial charge on any atom is 0.0184 e. The third-order valence-electron chi connectivity index (χ3n) is 3.70. The van der Waals surface area contributed by atoms with E-state index in [0.717, 1.165) is 0 Å². The molecular weight excluding hydrogens is 230 g/mol. The van der Waals surface area contributed by atoms with Crippen LogP contribution in [-0.4, -0.2) is 0 Å². The summed E-state index contributed by atoms with van der Waals surface area (Å²) in [4.78, 5) is 0. The number of aryl methyl sites for hydroxylation is 2. The molecule has 0 saturated heterocycles. The predicted octanol–water partition coefficient (Wildman–Crippen LogP) is 4.55. The normalized spacial score (nSPS) is 11.1.